The van der Waals surface area contributed by atoms with Crippen LogP contribution >= 0.6 is 0 Å². The molecule has 0 fully saturated rings. The van der Waals surface area contributed by atoms with E-state index in [4.69, 9.17) is 0 Å². The maximum atomic E-state index is 12.0. The quantitative estimate of drug-likeness (QED) is 0.763. The summed E-state index contributed by atoms with van der Waals surface area (Å²) < 4.78 is 27.6. The van der Waals surface area contributed by atoms with Gasteiger partial charge in [-0.05, 0) is 43.4 Å². The predicted octanol–water partition coefficient (Wildman–Crippen LogP) is 1.82. The highest BCUT2D eigenvalue weighted by atomic mass is 32.2. The van der Waals surface area contributed by atoms with Crippen LogP contribution in [-0.2, 0) is 14.8 Å². The number of hydrogen-bond acceptors (Lipinski definition) is 3. The number of ketones is 1. The number of hydrogen-bond donors (Lipinski definition) is 0. The highest BCUT2D eigenvalue weighted by molar-refractivity contribution is 7.90. The van der Waals surface area contributed by atoms with Crippen LogP contribution in [0.4, 0.5) is 0 Å². The third-order valence-corrected chi connectivity index (χ3v) is 3.70. The van der Waals surface area contributed by atoms with E-state index in [2.05, 4.69) is 4.40 Å². The lowest BCUT2D eigenvalue weighted by Gasteiger charge is -2.02. The Hall–Kier alpha value is -2.01. The van der Waals surface area contributed by atoms with Crippen LogP contribution in [0.3, 0.4) is 0 Å². The largest absolute Gasteiger partial charge is 0.290 e. The molecule has 1 aliphatic rings. The van der Waals surface area contributed by atoms with Gasteiger partial charge in [-0.15, -0.1) is 0 Å². The minimum absolute atomic E-state index is 0.138. The molecule has 0 N–H and O–H groups in total. The average molecular weight is 261 g/mol. The average Bonchev–Trinajstić information content (AvgIpc) is 2.32. The van der Waals surface area contributed by atoms with E-state index in [1.807, 2.05) is 6.92 Å². The Kier molecular flexibility index (Phi) is 3.25. The van der Waals surface area contributed by atoms with Gasteiger partial charge in [-0.1, -0.05) is 17.7 Å². The number of aryl methyl sites for hydroxylation is 1. The molecule has 0 radical (unpaired) electrons. The van der Waals surface area contributed by atoms with E-state index in [0.717, 1.165) is 5.56 Å². The smallest absolute Gasteiger partial charge is 0.282 e. The minimum Gasteiger partial charge on any atom is -0.290 e. The molecule has 0 bridgehead atoms. The molecule has 1 aliphatic carbocycles. The summed E-state index contributed by atoms with van der Waals surface area (Å²) >= 11 is 0. The molecule has 0 amide bonds. The lowest BCUT2D eigenvalue weighted by molar-refractivity contribution is -0.110. The van der Waals surface area contributed by atoms with E-state index in [9.17, 15) is 13.2 Å². The fourth-order valence-corrected chi connectivity index (χ4v) is 2.39. The molecular weight excluding hydrogens is 250 g/mol. The maximum absolute atomic E-state index is 12.0. The van der Waals surface area contributed by atoms with Gasteiger partial charge >= 0.3 is 0 Å². The number of rotatable bonds is 2. The number of carbonyl (C=O) groups excluding carboxylic acids is 1. The van der Waals surface area contributed by atoms with Crippen molar-refractivity contribution in [1.82, 2.24) is 0 Å². The van der Waals surface area contributed by atoms with Crippen LogP contribution in [0, 0.1) is 6.92 Å². The van der Waals surface area contributed by atoms with Crippen molar-refractivity contribution in [2.24, 2.45) is 4.40 Å². The zero-order chi connectivity index (χ0) is 13.2. The number of carbonyl (C=O) groups is 1. The molecule has 0 aromatic heterocycles. The van der Waals surface area contributed by atoms with Gasteiger partial charge in [-0.3, -0.25) is 4.79 Å². The molecular formula is C13H11NO3S. The van der Waals surface area contributed by atoms with Crippen LogP contribution in [-0.4, -0.2) is 19.9 Å². The summed E-state index contributed by atoms with van der Waals surface area (Å²) in [5.41, 5.74) is 1.22. The first kappa shape index (κ1) is 12.4. The van der Waals surface area contributed by atoms with Crippen molar-refractivity contribution >= 4 is 21.5 Å². The monoisotopic (exact) mass is 261 g/mol. The first-order valence-electron chi connectivity index (χ1n) is 5.29. The Morgan fingerprint density at radius 3 is 2.06 bits per heavy atom. The zero-order valence-electron chi connectivity index (χ0n) is 9.70. The third kappa shape index (κ3) is 2.81. The minimum atomic E-state index is -3.72. The second-order valence-electron chi connectivity index (χ2n) is 3.87. The van der Waals surface area contributed by atoms with Crippen molar-refractivity contribution in [2.75, 3.05) is 0 Å². The van der Waals surface area contributed by atoms with E-state index in [1.165, 1.54) is 36.4 Å². The first-order valence-corrected chi connectivity index (χ1v) is 6.73. The first-order chi connectivity index (χ1) is 8.47. The molecule has 0 saturated heterocycles. The summed E-state index contributed by atoms with van der Waals surface area (Å²) in [6.07, 6.45) is 5.33. The number of nitrogens with zero attached hydrogens (tertiary/aromatic N) is 1. The van der Waals surface area contributed by atoms with Crippen LogP contribution in [0.25, 0.3) is 0 Å². The van der Waals surface area contributed by atoms with E-state index in [-0.39, 0.29) is 16.4 Å². The van der Waals surface area contributed by atoms with Crippen molar-refractivity contribution in [2.45, 2.75) is 11.8 Å². The fraction of sp³-hybridized carbons (Fsp3) is 0.0769. The molecule has 92 valence electrons. The van der Waals surface area contributed by atoms with Gasteiger partial charge in [0.05, 0.1) is 10.6 Å². The highest BCUT2D eigenvalue weighted by Crippen LogP contribution is 2.14. The second-order valence-corrected chi connectivity index (χ2v) is 5.48. The molecule has 1 aromatic rings. The van der Waals surface area contributed by atoms with E-state index in [1.54, 1.807) is 12.1 Å². The van der Waals surface area contributed by atoms with Gasteiger partial charge in [0.25, 0.3) is 10.0 Å². The van der Waals surface area contributed by atoms with Crippen LogP contribution in [0.5, 0.6) is 0 Å². The van der Waals surface area contributed by atoms with Crippen LogP contribution in [0.15, 0.2) is 57.9 Å². The zero-order valence-corrected chi connectivity index (χ0v) is 10.5. The standard InChI is InChI=1S/C13H11NO3S/c1-10-2-8-13(9-3-10)18(16,17)14-11-4-6-12(15)7-5-11/h2-9H,1H3. The molecule has 0 unspecified atom stereocenters. The van der Waals surface area contributed by atoms with Gasteiger partial charge in [0.1, 0.15) is 0 Å². The normalized spacial score (nSPS) is 14.9. The summed E-state index contributed by atoms with van der Waals surface area (Å²) in [7, 11) is -3.72. The lowest BCUT2D eigenvalue weighted by Crippen LogP contribution is -2.04. The molecule has 18 heavy (non-hydrogen) atoms. The Labute approximate surface area is 105 Å². The predicted molar refractivity (Wildman–Crippen MR) is 69.1 cm³/mol. The van der Waals surface area contributed by atoms with Crippen LogP contribution in [0.2, 0.25) is 0 Å². The van der Waals surface area contributed by atoms with Gasteiger partial charge in [0.15, 0.2) is 5.78 Å². The van der Waals surface area contributed by atoms with E-state index >= 15 is 0 Å². The van der Waals surface area contributed by atoms with Crippen LogP contribution < -0.4 is 0 Å². The molecule has 0 spiro atoms. The molecule has 4 nitrogen and oxygen atoms in total. The molecule has 0 aliphatic heterocycles. The fourth-order valence-electron chi connectivity index (χ4n) is 1.41. The summed E-state index contributed by atoms with van der Waals surface area (Å²) in [5.74, 6) is -0.179. The second kappa shape index (κ2) is 4.70. The Morgan fingerprint density at radius 2 is 1.50 bits per heavy atom. The maximum Gasteiger partial charge on any atom is 0.282 e. The lowest BCUT2D eigenvalue weighted by atomic mass is 10.2. The summed E-state index contributed by atoms with van der Waals surface area (Å²) in [4.78, 5) is 11.0. The van der Waals surface area contributed by atoms with Gasteiger partial charge in [0.2, 0.25) is 0 Å². The summed E-state index contributed by atoms with van der Waals surface area (Å²) in [6.45, 7) is 1.88. The molecule has 0 heterocycles. The molecule has 1 aromatic carbocycles. The molecule has 5 heteroatoms. The van der Waals surface area contributed by atoms with Gasteiger partial charge in [-0.2, -0.15) is 12.8 Å². The highest BCUT2D eigenvalue weighted by Gasteiger charge is 2.13. The molecule has 0 atom stereocenters. The summed E-state index contributed by atoms with van der Waals surface area (Å²) in [6, 6.07) is 6.44. The number of benzene rings is 1. The SMILES string of the molecule is Cc1ccc(S(=O)(=O)N=C2C=CC(=O)C=C2)cc1. The molecule has 2 rings (SSSR count). The Balaban J connectivity index is 2.36. The number of sulfonamides is 1. The van der Waals surface area contributed by atoms with Gasteiger partial charge in [0, 0.05) is 0 Å². The third-order valence-electron chi connectivity index (χ3n) is 2.38. The topological polar surface area (TPSA) is 63.6 Å². The van der Waals surface area contributed by atoms with Gasteiger partial charge in [-0.25, -0.2) is 0 Å². The summed E-state index contributed by atoms with van der Waals surface area (Å²) in [5, 5.41) is 0. The molecule has 0 saturated carbocycles. The van der Waals surface area contributed by atoms with Gasteiger partial charge < -0.3 is 0 Å². The Bertz CT molecular complexity index is 647. The van der Waals surface area contributed by atoms with Crippen LogP contribution in [0.1, 0.15) is 5.56 Å². The number of allylic oxidation sites excluding steroid dienone is 4. The van der Waals surface area contributed by atoms with Crippen molar-refractivity contribution in [3.8, 4) is 0 Å². The van der Waals surface area contributed by atoms with E-state index < -0.39 is 10.0 Å². The Morgan fingerprint density at radius 1 is 0.944 bits per heavy atom. The van der Waals surface area contributed by atoms with Crippen molar-refractivity contribution in [1.29, 1.82) is 0 Å². The van der Waals surface area contributed by atoms with Crippen molar-refractivity contribution < 1.29 is 13.2 Å². The van der Waals surface area contributed by atoms with Crippen molar-refractivity contribution in [3.63, 3.8) is 0 Å². The van der Waals surface area contributed by atoms with Crippen molar-refractivity contribution in [3.05, 3.63) is 54.1 Å². The van der Waals surface area contributed by atoms with E-state index in [0.29, 0.717) is 0 Å².